The van der Waals surface area contributed by atoms with E-state index in [0.29, 0.717) is 12.1 Å². The number of rotatable bonds is 5. The van der Waals surface area contributed by atoms with Crippen LogP contribution < -0.4 is 6.15 Å². The molecule has 0 amide bonds. The van der Waals surface area contributed by atoms with Crippen LogP contribution in [-0.4, -0.2) is 75.2 Å². The Labute approximate surface area is 323 Å². The Morgan fingerprint density at radius 1 is 0.727 bits per heavy atom. The predicted molar refractivity (Wildman–Crippen MR) is 220 cm³/mol. The number of carbonyl (C=O) groups is 3. The molecule has 10 heteroatoms. The Hall–Kier alpha value is -4.74. The molecule has 2 saturated heterocycles. The molecular formula is C45H54N6O4. The fourth-order valence-corrected chi connectivity index (χ4v) is 11.4. The summed E-state index contributed by atoms with van der Waals surface area (Å²) < 4.78 is 4.83. The first kappa shape index (κ1) is 38.5. The fourth-order valence-electron chi connectivity index (χ4n) is 11.4. The summed E-state index contributed by atoms with van der Waals surface area (Å²) >= 11 is 0. The maximum Gasteiger partial charge on any atom is 0.182 e. The van der Waals surface area contributed by atoms with E-state index in [0.717, 1.165) is 37.8 Å². The quantitative estimate of drug-likeness (QED) is 0.166. The van der Waals surface area contributed by atoms with Crippen molar-refractivity contribution in [1.82, 2.24) is 25.1 Å². The summed E-state index contributed by atoms with van der Waals surface area (Å²) in [5.74, 6) is 0. The Bertz CT molecular complexity index is 2270. The van der Waals surface area contributed by atoms with Crippen molar-refractivity contribution in [3.05, 3.63) is 95.5 Å². The van der Waals surface area contributed by atoms with E-state index < -0.39 is 0 Å². The van der Waals surface area contributed by atoms with Crippen molar-refractivity contribution in [2.75, 3.05) is 26.2 Å². The van der Waals surface area contributed by atoms with Gasteiger partial charge < -0.3 is 20.8 Å². The highest BCUT2D eigenvalue weighted by atomic mass is 16.2. The summed E-state index contributed by atoms with van der Waals surface area (Å²) in [4.78, 5) is 39.7. The molecular weight excluding hydrogens is 689 g/mol. The zero-order chi connectivity index (χ0) is 36.3. The molecule has 4 aromatic rings. The number of piperidine rings is 2. The van der Waals surface area contributed by atoms with Gasteiger partial charge in [0.2, 0.25) is 0 Å². The Kier molecular flexibility index (Phi) is 10.6. The minimum atomic E-state index is 0. The second-order valence-corrected chi connectivity index (χ2v) is 15.8. The zero-order valence-corrected chi connectivity index (χ0v) is 32.2. The van der Waals surface area contributed by atoms with Crippen molar-refractivity contribution in [3.63, 3.8) is 0 Å². The third kappa shape index (κ3) is 5.67. The average molecular weight is 743 g/mol. The summed E-state index contributed by atoms with van der Waals surface area (Å²) in [6.45, 7) is 9.47. The molecule has 11 rings (SSSR count). The lowest BCUT2D eigenvalue weighted by Gasteiger charge is -2.53. The lowest BCUT2D eigenvalue weighted by Crippen LogP contribution is -2.51. The van der Waals surface area contributed by atoms with Gasteiger partial charge in [0.15, 0.2) is 18.9 Å². The monoisotopic (exact) mass is 742 g/mol. The molecule has 9 heterocycles. The van der Waals surface area contributed by atoms with E-state index in [1.165, 1.54) is 103 Å². The van der Waals surface area contributed by atoms with Gasteiger partial charge in [0.1, 0.15) is 0 Å². The summed E-state index contributed by atoms with van der Waals surface area (Å²) in [5, 5.41) is 2.80. The molecule has 2 fully saturated rings. The van der Waals surface area contributed by atoms with Gasteiger partial charge in [0, 0.05) is 58.7 Å². The molecule has 7 aliphatic rings. The number of hydrogen-bond acceptors (Lipinski definition) is 7. The highest BCUT2D eigenvalue weighted by Gasteiger charge is 2.52. The molecule has 0 saturated carbocycles. The van der Waals surface area contributed by atoms with E-state index in [1.807, 2.05) is 6.20 Å². The van der Waals surface area contributed by atoms with Crippen LogP contribution in [-0.2, 0) is 27.2 Å². The van der Waals surface area contributed by atoms with Crippen molar-refractivity contribution in [1.29, 1.82) is 0 Å². The molecule has 0 bridgehead atoms. The second kappa shape index (κ2) is 15.1. The number of nitrogens with zero attached hydrogens (tertiary/aromatic N) is 5. The standard InChI is InChI=1S/C23H25N3.C20H22N2O.C2H2O2.H3N.H2O/c1-2-23-11-6-13-25-14-10-17-16-7-3-4-9-19(16)26(21(17)22(23)25)20(15-23)18-8-5-12-24-18;1-2-20-9-5-10-21-11-8-16-15-6-3-4-7-17(15)22(14(12-20)13-23)18(16)19(20)21;3-1-2-4;;/h3-5,7,9,12,15,22H,2,6,8,10-11,13-14H2,1H3;3-4,6-7,12-13,19H,2,5,8-11H2,1H3;1-2H;1H3;1H2/t22-,23+;19-,20+;;;/m11.../s1. The predicted octanol–water partition coefficient (Wildman–Crippen LogP) is 7.45. The topological polar surface area (TPSA) is 146 Å². The van der Waals surface area contributed by atoms with Crippen molar-refractivity contribution in [2.45, 2.75) is 83.7 Å². The second-order valence-electron chi connectivity index (χ2n) is 15.8. The summed E-state index contributed by atoms with van der Waals surface area (Å²) in [6.07, 6.45) is 21.1. The number of aliphatic imine (C=N–C) groups is 1. The number of allylic oxidation sites excluding steroid dienone is 3. The maximum atomic E-state index is 11.9. The normalized spacial score (nSPS) is 26.6. The SMILES string of the molecule is CC[C@@]12C=C(C3=NC=CC3)n3c4c(c5ccccc53)CCN(CCC1)[C@H]42.CC[C@@]12C=C(C=O)n3c4c(c5ccccc53)CCN(CCC1)[C@H]42.N.O.O=CC=O. The highest BCUT2D eigenvalue weighted by Crippen LogP contribution is 2.58. The molecule has 2 aromatic heterocycles. The van der Waals surface area contributed by atoms with E-state index in [-0.39, 0.29) is 35.0 Å². The third-order valence-electron chi connectivity index (χ3n) is 13.6. The Balaban J connectivity index is 0.000000150. The summed E-state index contributed by atoms with van der Waals surface area (Å²) in [5.41, 5.74) is 12.5. The molecule has 2 aromatic carbocycles. The molecule has 0 spiro atoms. The largest absolute Gasteiger partial charge is 0.412 e. The van der Waals surface area contributed by atoms with Gasteiger partial charge in [-0.3, -0.25) is 29.2 Å². The lowest BCUT2D eigenvalue weighted by atomic mass is 9.66. The summed E-state index contributed by atoms with van der Waals surface area (Å²) in [7, 11) is 0. The molecule has 0 aliphatic carbocycles. The van der Waals surface area contributed by atoms with Crippen molar-refractivity contribution in [2.24, 2.45) is 15.8 Å². The molecule has 55 heavy (non-hydrogen) atoms. The Morgan fingerprint density at radius 3 is 1.76 bits per heavy atom. The zero-order valence-electron chi connectivity index (χ0n) is 32.2. The van der Waals surface area contributed by atoms with Gasteiger partial charge in [-0.1, -0.05) is 62.4 Å². The van der Waals surface area contributed by atoms with Crippen LogP contribution in [0.1, 0.15) is 93.4 Å². The van der Waals surface area contributed by atoms with E-state index in [4.69, 9.17) is 14.6 Å². The first-order valence-corrected chi connectivity index (χ1v) is 19.8. The van der Waals surface area contributed by atoms with Crippen LogP contribution >= 0.6 is 0 Å². The number of hydrogen-bond donors (Lipinski definition) is 1. The number of benzene rings is 2. The molecule has 4 atom stereocenters. The molecule has 7 aliphatic heterocycles. The van der Waals surface area contributed by atoms with Crippen molar-refractivity contribution >= 4 is 57.8 Å². The molecule has 10 nitrogen and oxygen atoms in total. The number of aldehydes is 3. The minimum Gasteiger partial charge on any atom is -0.412 e. The first-order chi connectivity index (χ1) is 26.0. The van der Waals surface area contributed by atoms with E-state index in [2.05, 4.69) is 99.5 Å². The minimum absolute atomic E-state index is 0. The lowest BCUT2D eigenvalue weighted by molar-refractivity contribution is -0.122. The molecule has 5 N–H and O–H groups in total. The van der Waals surface area contributed by atoms with Crippen molar-refractivity contribution in [3.8, 4) is 0 Å². The third-order valence-corrected chi connectivity index (χ3v) is 13.6. The van der Waals surface area contributed by atoms with Gasteiger partial charge >= 0.3 is 0 Å². The van der Waals surface area contributed by atoms with Crippen LogP contribution in [0, 0.1) is 10.8 Å². The first-order valence-electron chi connectivity index (χ1n) is 19.8. The van der Waals surface area contributed by atoms with Crippen molar-refractivity contribution < 1.29 is 19.9 Å². The van der Waals surface area contributed by atoms with Crippen LogP contribution in [0.25, 0.3) is 33.2 Å². The van der Waals surface area contributed by atoms with Gasteiger partial charge in [-0.05, 0) is 93.8 Å². The number of para-hydroxylation sites is 2. The van der Waals surface area contributed by atoms with Crippen LogP contribution in [0.5, 0.6) is 0 Å². The summed E-state index contributed by atoms with van der Waals surface area (Å²) in [6, 6.07) is 18.6. The van der Waals surface area contributed by atoms with Gasteiger partial charge in [0.05, 0.1) is 40.2 Å². The average Bonchev–Trinajstić information content (AvgIpc) is 3.96. The maximum absolute atomic E-state index is 11.9. The highest BCUT2D eigenvalue weighted by molar-refractivity contribution is 6.22. The van der Waals surface area contributed by atoms with Crippen LogP contribution in [0.15, 0.2) is 78.0 Å². The Morgan fingerprint density at radius 2 is 1.25 bits per heavy atom. The molecule has 0 unspecified atom stereocenters. The van der Waals surface area contributed by atoms with Gasteiger partial charge in [-0.25, -0.2) is 0 Å². The van der Waals surface area contributed by atoms with E-state index >= 15 is 0 Å². The van der Waals surface area contributed by atoms with E-state index in [9.17, 15) is 4.79 Å². The number of aromatic nitrogens is 2. The van der Waals surface area contributed by atoms with Crippen LogP contribution in [0.4, 0.5) is 0 Å². The van der Waals surface area contributed by atoms with E-state index in [1.54, 1.807) is 11.3 Å². The number of fused-ring (bicyclic) bond motifs is 6. The van der Waals surface area contributed by atoms with Crippen LogP contribution in [0.2, 0.25) is 0 Å². The van der Waals surface area contributed by atoms with Gasteiger partial charge in [-0.2, -0.15) is 0 Å². The van der Waals surface area contributed by atoms with Gasteiger partial charge in [-0.15, -0.1) is 0 Å². The molecule has 0 radical (unpaired) electrons. The fraction of sp³-hybridized carbons (Fsp3) is 0.422. The molecule has 288 valence electrons. The van der Waals surface area contributed by atoms with Gasteiger partial charge in [0.25, 0.3) is 0 Å². The smallest absolute Gasteiger partial charge is 0.182 e. The van der Waals surface area contributed by atoms with Crippen LogP contribution in [0.3, 0.4) is 0 Å². The number of carbonyl (C=O) groups excluding carboxylic acids is 3.